The van der Waals surface area contributed by atoms with Crippen LogP contribution in [0.5, 0.6) is 5.75 Å². The molecule has 0 heterocycles. The van der Waals surface area contributed by atoms with Crippen molar-refractivity contribution < 1.29 is 14.6 Å². The van der Waals surface area contributed by atoms with Crippen LogP contribution in [0, 0.1) is 0 Å². The summed E-state index contributed by atoms with van der Waals surface area (Å²) in [5.41, 5.74) is 5.54. The molecule has 1 rings (SSSR count). The Balaban J connectivity index is 2.61. The zero-order valence-electron chi connectivity index (χ0n) is 11.5. The number of carbonyl (C=O) groups is 1. The molecule has 19 heavy (non-hydrogen) atoms. The maximum absolute atomic E-state index is 11.4. The van der Waals surface area contributed by atoms with E-state index in [0.29, 0.717) is 18.7 Å². The van der Waals surface area contributed by atoms with Gasteiger partial charge in [0.25, 0.3) is 0 Å². The van der Waals surface area contributed by atoms with Gasteiger partial charge in [0.1, 0.15) is 17.9 Å². The van der Waals surface area contributed by atoms with Crippen LogP contribution in [0.25, 0.3) is 0 Å². The molecule has 5 heteroatoms. The molecular weight excluding hydrogens is 244 g/mol. The molecule has 0 fully saturated rings. The molecule has 106 valence electrons. The Morgan fingerprint density at radius 1 is 1.42 bits per heavy atom. The largest absolute Gasteiger partial charge is 0.491 e. The normalized spacial score (nSPS) is 13.8. The highest BCUT2D eigenvalue weighted by Crippen LogP contribution is 2.14. The van der Waals surface area contributed by atoms with Gasteiger partial charge in [0, 0.05) is 6.61 Å². The first-order valence-corrected chi connectivity index (χ1v) is 6.39. The molecule has 1 atom stereocenters. The molecule has 0 saturated heterocycles. The van der Waals surface area contributed by atoms with E-state index in [1.807, 2.05) is 31.2 Å². The summed E-state index contributed by atoms with van der Waals surface area (Å²) in [4.78, 5) is 11.4. The van der Waals surface area contributed by atoms with Crippen LogP contribution in [0.3, 0.4) is 0 Å². The number of ether oxygens (including phenoxy) is 1. The van der Waals surface area contributed by atoms with Crippen LogP contribution in [0.2, 0.25) is 0 Å². The molecule has 0 bridgehead atoms. The van der Waals surface area contributed by atoms with Crippen molar-refractivity contribution in [3.63, 3.8) is 0 Å². The van der Waals surface area contributed by atoms with E-state index in [-0.39, 0.29) is 13.2 Å². The van der Waals surface area contributed by atoms with Gasteiger partial charge in [0.15, 0.2) is 0 Å². The number of hydrogen-bond donors (Lipinski definition) is 3. The molecule has 1 unspecified atom stereocenters. The van der Waals surface area contributed by atoms with E-state index in [9.17, 15) is 4.79 Å². The lowest BCUT2D eigenvalue weighted by atomic mass is 10.0. The summed E-state index contributed by atoms with van der Waals surface area (Å²) >= 11 is 0. The summed E-state index contributed by atoms with van der Waals surface area (Å²) in [5.74, 6) is 0.235. The van der Waals surface area contributed by atoms with Crippen LogP contribution in [-0.2, 0) is 11.2 Å². The Bertz CT molecular complexity index is 406. The number of rotatable bonds is 8. The molecular formula is C14H22N2O3. The number of hydrogen-bond acceptors (Lipinski definition) is 4. The van der Waals surface area contributed by atoms with Crippen LogP contribution in [0.15, 0.2) is 24.3 Å². The van der Waals surface area contributed by atoms with Gasteiger partial charge < -0.3 is 20.9 Å². The van der Waals surface area contributed by atoms with E-state index < -0.39 is 11.4 Å². The predicted molar refractivity (Wildman–Crippen MR) is 74.0 cm³/mol. The number of nitrogens with one attached hydrogen (secondary N) is 1. The first kappa shape index (κ1) is 15.5. The molecule has 1 aromatic rings. The predicted octanol–water partition coefficient (Wildman–Crippen LogP) is 0.454. The first-order chi connectivity index (χ1) is 9.01. The van der Waals surface area contributed by atoms with Crippen molar-refractivity contribution in [3.05, 3.63) is 29.8 Å². The highest BCUT2D eigenvalue weighted by molar-refractivity contribution is 5.84. The van der Waals surface area contributed by atoms with Crippen molar-refractivity contribution in [2.75, 3.05) is 19.8 Å². The second-order valence-corrected chi connectivity index (χ2v) is 4.63. The third kappa shape index (κ3) is 4.54. The Labute approximate surface area is 113 Å². The number of likely N-dealkylation sites (N-methyl/N-ethyl adjacent to an activating group) is 1. The summed E-state index contributed by atoms with van der Waals surface area (Å²) < 4.78 is 5.59. The fourth-order valence-electron chi connectivity index (χ4n) is 1.71. The number of carbonyl (C=O) groups excluding carboxylic acids is 1. The fraction of sp³-hybridized carbons (Fsp3) is 0.500. The third-order valence-corrected chi connectivity index (χ3v) is 2.96. The van der Waals surface area contributed by atoms with Crippen molar-refractivity contribution >= 4 is 5.91 Å². The Kier molecular flexibility index (Phi) is 5.79. The number of benzene rings is 1. The smallest absolute Gasteiger partial charge is 0.240 e. The zero-order valence-corrected chi connectivity index (χ0v) is 11.5. The van der Waals surface area contributed by atoms with Crippen molar-refractivity contribution in [1.29, 1.82) is 0 Å². The molecule has 1 amide bonds. The van der Waals surface area contributed by atoms with E-state index >= 15 is 0 Å². The third-order valence-electron chi connectivity index (χ3n) is 2.96. The van der Waals surface area contributed by atoms with Crippen LogP contribution in [0.1, 0.15) is 19.4 Å². The van der Waals surface area contributed by atoms with Crippen LogP contribution in [-0.4, -0.2) is 36.3 Å². The Morgan fingerprint density at radius 3 is 2.53 bits per heavy atom. The molecule has 0 aliphatic carbocycles. The lowest BCUT2D eigenvalue weighted by Crippen LogP contribution is -2.57. The summed E-state index contributed by atoms with van der Waals surface area (Å²) in [6, 6.07) is 7.41. The van der Waals surface area contributed by atoms with Crippen molar-refractivity contribution in [2.24, 2.45) is 5.73 Å². The lowest BCUT2D eigenvalue weighted by Gasteiger charge is -2.26. The van der Waals surface area contributed by atoms with Crippen LogP contribution in [0.4, 0.5) is 0 Å². The van der Waals surface area contributed by atoms with Crippen molar-refractivity contribution in [3.8, 4) is 5.75 Å². The van der Waals surface area contributed by atoms with Gasteiger partial charge in [-0.05, 0) is 37.6 Å². The zero-order chi connectivity index (χ0) is 14.3. The van der Waals surface area contributed by atoms with E-state index in [0.717, 1.165) is 5.56 Å². The standard InChI is InChI=1S/C14H22N2O3/c1-3-16-14(2,13(15)18)10-19-12-6-4-11(5-7-12)8-9-17/h4-7,16-17H,3,8-10H2,1-2H3,(H2,15,18). The van der Waals surface area contributed by atoms with Gasteiger partial charge in [-0.3, -0.25) is 4.79 Å². The second-order valence-electron chi connectivity index (χ2n) is 4.63. The maximum atomic E-state index is 11.4. The number of aliphatic hydroxyl groups excluding tert-OH is 1. The molecule has 1 aromatic carbocycles. The van der Waals surface area contributed by atoms with E-state index in [1.165, 1.54) is 0 Å². The molecule has 0 aliphatic heterocycles. The van der Waals surface area contributed by atoms with Gasteiger partial charge in [0.05, 0.1) is 0 Å². The molecule has 0 radical (unpaired) electrons. The van der Waals surface area contributed by atoms with Gasteiger partial charge in [-0.25, -0.2) is 0 Å². The first-order valence-electron chi connectivity index (χ1n) is 6.39. The minimum absolute atomic E-state index is 0.125. The van der Waals surface area contributed by atoms with Gasteiger partial charge in [-0.2, -0.15) is 0 Å². The average molecular weight is 266 g/mol. The minimum Gasteiger partial charge on any atom is -0.491 e. The number of amides is 1. The van der Waals surface area contributed by atoms with Gasteiger partial charge in [-0.1, -0.05) is 19.1 Å². The highest BCUT2D eigenvalue weighted by Gasteiger charge is 2.30. The SMILES string of the molecule is CCNC(C)(COc1ccc(CCO)cc1)C(N)=O. The molecule has 0 spiro atoms. The number of nitrogens with two attached hydrogens (primary N) is 1. The molecule has 4 N–H and O–H groups in total. The van der Waals surface area contributed by atoms with E-state index in [1.54, 1.807) is 6.92 Å². The summed E-state index contributed by atoms with van der Waals surface area (Å²) in [6.45, 7) is 4.57. The molecule has 0 aromatic heterocycles. The molecule has 0 saturated carbocycles. The number of aliphatic hydroxyl groups is 1. The van der Waals surface area contributed by atoms with Crippen molar-refractivity contribution in [1.82, 2.24) is 5.32 Å². The Hall–Kier alpha value is -1.59. The van der Waals surface area contributed by atoms with Gasteiger partial charge in [0.2, 0.25) is 5.91 Å². The minimum atomic E-state index is -0.876. The topological polar surface area (TPSA) is 84.6 Å². The monoisotopic (exact) mass is 266 g/mol. The summed E-state index contributed by atoms with van der Waals surface area (Å²) in [5, 5.41) is 11.9. The maximum Gasteiger partial charge on any atom is 0.240 e. The lowest BCUT2D eigenvalue weighted by molar-refractivity contribution is -0.124. The highest BCUT2D eigenvalue weighted by atomic mass is 16.5. The van der Waals surface area contributed by atoms with Crippen molar-refractivity contribution in [2.45, 2.75) is 25.8 Å². The average Bonchev–Trinajstić information content (AvgIpc) is 2.38. The van der Waals surface area contributed by atoms with Gasteiger partial charge >= 0.3 is 0 Å². The number of primary amides is 1. The Morgan fingerprint density at radius 2 is 2.05 bits per heavy atom. The van der Waals surface area contributed by atoms with Gasteiger partial charge in [-0.15, -0.1) is 0 Å². The molecule has 0 aliphatic rings. The van der Waals surface area contributed by atoms with E-state index in [2.05, 4.69) is 5.32 Å². The molecule has 5 nitrogen and oxygen atoms in total. The quantitative estimate of drug-likeness (QED) is 0.638. The van der Waals surface area contributed by atoms with Crippen LogP contribution < -0.4 is 15.8 Å². The second kappa shape index (κ2) is 7.11. The van der Waals surface area contributed by atoms with Crippen LogP contribution >= 0.6 is 0 Å². The van der Waals surface area contributed by atoms with E-state index in [4.69, 9.17) is 15.6 Å². The fourth-order valence-corrected chi connectivity index (χ4v) is 1.71. The summed E-state index contributed by atoms with van der Waals surface area (Å²) in [6.07, 6.45) is 0.622. The summed E-state index contributed by atoms with van der Waals surface area (Å²) in [7, 11) is 0.